The monoisotopic (exact) mass is 382 g/mol. The van der Waals surface area contributed by atoms with Gasteiger partial charge in [-0.15, -0.1) is 0 Å². The smallest absolute Gasteiger partial charge is 0.0578 e. The maximum Gasteiger partial charge on any atom is 0.0578 e. The average molecular weight is 383 g/mol. The summed E-state index contributed by atoms with van der Waals surface area (Å²) in [6, 6.07) is 0. The Morgan fingerprint density at radius 1 is 1.04 bits per heavy atom. The van der Waals surface area contributed by atoms with Gasteiger partial charge in [-0.1, -0.05) is 76.5 Å². The molecule has 3 saturated carbocycles. The summed E-state index contributed by atoms with van der Waals surface area (Å²) in [6.07, 6.45) is 19.6. The molecule has 0 aliphatic heterocycles. The Hall–Kier alpha value is -0.820. The highest BCUT2D eigenvalue weighted by Crippen LogP contribution is 2.65. The summed E-state index contributed by atoms with van der Waals surface area (Å²) in [6.45, 7) is 12.2. The molecule has 28 heavy (non-hydrogen) atoms. The Kier molecular flexibility index (Phi) is 5.45. The van der Waals surface area contributed by atoms with E-state index < -0.39 is 0 Å². The molecular formula is C27H42O. The van der Waals surface area contributed by atoms with Crippen LogP contribution in [0.3, 0.4) is 0 Å². The fourth-order valence-corrected chi connectivity index (χ4v) is 7.52. The van der Waals surface area contributed by atoms with Crippen molar-refractivity contribution >= 4 is 0 Å². The maximum atomic E-state index is 10.2. The van der Waals surface area contributed by atoms with Gasteiger partial charge < -0.3 is 5.11 Å². The quantitative estimate of drug-likeness (QED) is 0.515. The maximum absolute atomic E-state index is 10.2. The van der Waals surface area contributed by atoms with Crippen molar-refractivity contribution in [2.45, 2.75) is 92.1 Å². The highest BCUT2D eigenvalue weighted by atomic mass is 16.3. The van der Waals surface area contributed by atoms with Crippen LogP contribution in [0.25, 0.3) is 0 Å². The molecule has 4 rings (SSSR count). The van der Waals surface area contributed by atoms with Crippen molar-refractivity contribution in [3.63, 3.8) is 0 Å². The van der Waals surface area contributed by atoms with E-state index in [-0.39, 0.29) is 6.10 Å². The van der Waals surface area contributed by atoms with Gasteiger partial charge in [-0.05, 0) is 85.4 Å². The van der Waals surface area contributed by atoms with Crippen LogP contribution in [-0.4, -0.2) is 11.2 Å². The van der Waals surface area contributed by atoms with Crippen LogP contribution in [0.1, 0.15) is 86.0 Å². The fraction of sp³-hybridized carbons (Fsp3) is 0.778. The van der Waals surface area contributed by atoms with Gasteiger partial charge in [-0.2, -0.15) is 0 Å². The van der Waals surface area contributed by atoms with E-state index in [2.05, 4.69) is 58.9 Å². The van der Waals surface area contributed by atoms with Crippen molar-refractivity contribution in [2.75, 3.05) is 0 Å². The number of aliphatic hydroxyl groups excluding tert-OH is 1. The lowest BCUT2D eigenvalue weighted by Gasteiger charge is -2.55. The highest BCUT2D eigenvalue weighted by molar-refractivity contribution is 5.39. The molecule has 0 aromatic heterocycles. The van der Waals surface area contributed by atoms with Gasteiger partial charge in [-0.25, -0.2) is 0 Å². The van der Waals surface area contributed by atoms with Crippen molar-refractivity contribution in [1.82, 2.24) is 0 Å². The van der Waals surface area contributed by atoms with Crippen LogP contribution in [0, 0.1) is 40.4 Å². The first-order valence-corrected chi connectivity index (χ1v) is 12.1. The minimum atomic E-state index is -0.114. The molecule has 0 aromatic rings. The van der Waals surface area contributed by atoms with Crippen LogP contribution in [0.4, 0.5) is 0 Å². The molecule has 0 heterocycles. The summed E-state index contributed by atoms with van der Waals surface area (Å²) in [7, 11) is 0. The highest BCUT2D eigenvalue weighted by Gasteiger charge is 2.56. The summed E-state index contributed by atoms with van der Waals surface area (Å²) in [5.41, 5.74) is 4.09. The molecule has 156 valence electrons. The Balaban J connectivity index is 1.59. The molecule has 0 spiro atoms. The second kappa shape index (κ2) is 7.46. The first kappa shape index (κ1) is 20.5. The molecule has 3 fully saturated rings. The first-order chi connectivity index (χ1) is 13.3. The van der Waals surface area contributed by atoms with Gasteiger partial charge in [0, 0.05) is 0 Å². The van der Waals surface area contributed by atoms with Crippen molar-refractivity contribution in [1.29, 1.82) is 0 Å². The lowest BCUT2D eigenvalue weighted by Crippen LogP contribution is -2.46. The minimum absolute atomic E-state index is 0.114. The van der Waals surface area contributed by atoms with Gasteiger partial charge in [-0.3, -0.25) is 0 Å². The first-order valence-electron chi connectivity index (χ1n) is 12.1. The molecule has 1 heteroatoms. The minimum Gasteiger partial charge on any atom is -0.393 e. The van der Waals surface area contributed by atoms with Crippen LogP contribution in [-0.2, 0) is 0 Å². The van der Waals surface area contributed by atoms with Gasteiger partial charge in [0.15, 0.2) is 0 Å². The Labute approximate surface area is 173 Å². The number of hydrogen-bond acceptors (Lipinski definition) is 1. The van der Waals surface area contributed by atoms with E-state index in [0.717, 1.165) is 30.6 Å². The number of fused-ring (bicyclic) bond motifs is 5. The lowest BCUT2D eigenvalue weighted by molar-refractivity contribution is 0.0382. The zero-order chi connectivity index (χ0) is 20.1. The topological polar surface area (TPSA) is 20.2 Å². The van der Waals surface area contributed by atoms with Crippen molar-refractivity contribution < 1.29 is 5.11 Å². The second-order valence-corrected chi connectivity index (χ2v) is 11.1. The van der Waals surface area contributed by atoms with E-state index in [0.29, 0.717) is 22.7 Å². The van der Waals surface area contributed by atoms with Gasteiger partial charge >= 0.3 is 0 Å². The third-order valence-electron chi connectivity index (χ3n) is 9.64. The van der Waals surface area contributed by atoms with Gasteiger partial charge in [0.1, 0.15) is 0 Å². The fourth-order valence-electron chi connectivity index (χ4n) is 7.52. The molecular weight excluding hydrogens is 340 g/mol. The van der Waals surface area contributed by atoms with Crippen LogP contribution >= 0.6 is 0 Å². The van der Waals surface area contributed by atoms with E-state index in [4.69, 9.17) is 0 Å². The van der Waals surface area contributed by atoms with E-state index >= 15 is 0 Å². The molecule has 1 nitrogen and oxygen atoms in total. The molecule has 8 atom stereocenters. The molecule has 0 saturated heterocycles. The molecule has 8 unspecified atom stereocenters. The standard InChI is InChI=1S/C27H42O/c1-6-18(2)7-8-19(3)23-11-12-24-22-10-9-20-17-21(28)13-15-26(20,4)25(22)14-16-27(23,24)5/h7-10,18-19,21,23-25,28H,6,11-17H2,1-5H3. The Morgan fingerprint density at radius 2 is 1.82 bits per heavy atom. The Bertz CT molecular complexity index is 684. The van der Waals surface area contributed by atoms with E-state index in [1.807, 2.05) is 0 Å². The van der Waals surface area contributed by atoms with E-state index in [9.17, 15) is 5.11 Å². The Morgan fingerprint density at radius 3 is 2.57 bits per heavy atom. The normalized spacial score (nSPS) is 44.9. The van der Waals surface area contributed by atoms with Crippen LogP contribution in [0.15, 0.2) is 35.5 Å². The predicted octanol–water partition coefficient (Wildman–Crippen LogP) is 7.08. The van der Waals surface area contributed by atoms with Crippen molar-refractivity contribution in [3.8, 4) is 0 Å². The van der Waals surface area contributed by atoms with Crippen LogP contribution < -0.4 is 0 Å². The summed E-state index contributed by atoms with van der Waals surface area (Å²) in [5.74, 6) is 3.72. The summed E-state index contributed by atoms with van der Waals surface area (Å²) < 4.78 is 0. The molecule has 1 N–H and O–H groups in total. The zero-order valence-corrected chi connectivity index (χ0v) is 18.9. The van der Waals surface area contributed by atoms with Gasteiger partial charge in [0.25, 0.3) is 0 Å². The van der Waals surface area contributed by atoms with Crippen molar-refractivity contribution in [3.05, 3.63) is 35.5 Å². The second-order valence-electron chi connectivity index (χ2n) is 11.1. The van der Waals surface area contributed by atoms with Gasteiger partial charge in [0.2, 0.25) is 0 Å². The summed E-state index contributed by atoms with van der Waals surface area (Å²) in [4.78, 5) is 0. The molecule has 4 aliphatic rings. The molecule has 4 aliphatic carbocycles. The van der Waals surface area contributed by atoms with Gasteiger partial charge in [0.05, 0.1) is 6.10 Å². The summed E-state index contributed by atoms with van der Waals surface area (Å²) in [5, 5.41) is 10.2. The van der Waals surface area contributed by atoms with Crippen LogP contribution in [0.2, 0.25) is 0 Å². The number of hydrogen-bond donors (Lipinski definition) is 1. The average Bonchev–Trinajstić information content (AvgIpc) is 3.03. The molecule has 0 amide bonds. The lowest BCUT2D eigenvalue weighted by atomic mass is 9.50. The number of rotatable bonds is 4. The molecule has 0 bridgehead atoms. The third kappa shape index (κ3) is 3.17. The largest absolute Gasteiger partial charge is 0.393 e. The molecule has 0 radical (unpaired) electrons. The number of aliphatic hydroxyl groups is 1. The SMILES string of the molecule is CCC(C)C=CC(C)C1CCC2C3=CC=C4CC(O)CCC4(C)C3CCC21C. The zero-order valence-electron chi connectivity index (χ0n) is 18.9. The van der Waals surface area contributed by atoms with E-state index in [1.54, 1.807) is 5.57 Å². The van der Waals surface area contributed by atoms with E-state index in [1.165, 1.54) is 44.1 Å². The predicted molar refractivity (Wildman–Crippen MR) is 119 cm³/mol. The third-order valence-corrected chi connectivity index (χ3v) is 9.64. The van der Waals surface area contributed by atoms with Crippen LogP contribution in [0.5, 0.6) is 0 Å². The van der Waals surface area contributed by atoms with Crippen molar-refractivity contribution in [2.24, 2.45) is 40.4 Å². The number of allylic oxidation sites excluding steroid dienone is 5. The summed E-state index contributed by atoms with van der Waals surface area (Å²) >= 11 is 0. The molecule has 0 aromatic carbocycles.